The molecule has 1 unspecified atom stereocenters. The van der Waals surface area contributed by atoms with Crippen molar-refractivity contribution in [2.45, 2.75) is 57.4 Å². The number of H-pyrrole nitrogens is 1. The molecule has 0 saturated carbocycles. The Morgan fingerprint density at radius 1 is 1.06 bits per heavy atom. The number of fused-ring (bicyclic) bond motifs is 1. The molecule has 1 fully saturated rings. The van der Waals surface area contributed by atoms with Crippen LogP contribution in [0.1, 0.15) is 49.7 Å². The van der Waals surface area contributed by atoms with E-state index in [9.17, 15) is 4.79 Å². The number of aromatic nitrogens is 1. The number of benzene rings is 2. The Bertz CT molecular complexity index is 1040. The number of carbonyl (C=O) groups is 1. The fourth-order valence-electron chi connectivity index (χ4n) is 4.91. The molecule has 2 aromatic carbocycles. The summed E-state index contributed by atoms with van der Waals surface area (Å²) >= 11 is 0. The van der Waals surface area contributed by atoms with Crippen LogP contribution in [0.3, 0.4) is 0 Å². The minimum absolute atomic E-state index is 0.307. The topological polar surface area (TPSA) is 54.6 Å². The Labute approximate surface area is 190 Å². The van der Waals surface area contributed by atoms with Crippen LogP contribution in [0.15, 0.2) is 48.7 Å². The van der Waals surface area contributed by atoms with Crippen molar-refractivity contribution < 1.29 is 14.3 Å². The number of nitrogens with zero attached hydrogens (tertiary/aromatic N) is 1. The van der Waals surface area contributed by atoms with Crippen molar-refractivity contribution in [1.29, 1.82) is 0 Å². The fraction of sp³-hybridized carbons (Fsp3) is 0.444. The highest BCUT2D eigenvalue weighted by molar-refractivity contribution is 5.83. The highest BCUT2D eigenvalue weighted by Gasteiger charge is 2.26. The lowest BCUT2D eigenvalue weighted by Gasteiger charge is -2.36. The molecule has 0 spiro atoms. The van der Waals surface area contributed by atoms with Gasteiger partial charge in [0.1, 0.15) is 0 Å². The molecule has 5 nitrogen and oxygen atoms in total. The van der Waals surface area contributed by atoms with Crippen LogP contribution in [0.2, 0.25) is 0 Å². The minimum atomic E-state index is 0.307. The van der Waals surface area contributed by atoms with E-state index < -0.39 is 0 Å². The number of carbonyl (C=O) groups excluding carboxylic acids is 1. The number of aryl methyl sites for hydroxylation is 2. The maximum atomic E-state index is 13.1. The second-order valence-electron chi connectivity index (χ2n) is 8.68. The van der Waals surface area contributed by atoms with Gasteiger partial charge in [-0.2, -0.15) is 0 Å². The van der Waals surface area contributed by atoms with Gasteiger partial charge in [-0.3, -0.25) is 4.79 Å². The quantitative estimate of drug-likeness (QED) is 0.482. The van der Waals surface area contributed by atoms with E-state index >= 15 is 0 Å². The first-order chi connectivity index (χ1) is 15.7. The van der Waals surface area contributed by atoms with E-state index in [1.165, 1.54) is 28.5 Å². The molecule has 1 amide bonds. The van der Waals surface area contributed by atoms with Crippen molar-refractivity contribution in [1.82, 2.24) is 9.88 Å². The molecule has 0 radical (unpaired) electrons. The smallest absolute Gasteiger partial charge is 0.222 e. The summed E-state index contributed by atoms with van der Waals surface area (Å²) < 4.78 is 10.8. The molecule has 0 aliphatic carbocycles. The van der Waals surface area contributed by atoms with Crippen LogP contribution in [-0.2, 0) is 17.6 Å². The van der Waals surface area contributed by atoms with Gasteiger partial charge in [0.2, 0.25) is 5.91 Å². The average molecular weight is 435 g/mol. The van der Waals surface area contributed by atoms with E-state index in [-0.39, 0.29) is 0 Å². The summed E-state index contributed by atoms with van der Waals surface area (Å²) in [5, 5.41) is 1.27. The van der Waals surface area contributed by atoms with Crippen molar-refractivity contribution in [3.8, 4) is 11.5 Å². The SMILES string of the molecule is COc1ccc(CCC2CCCCN2C(=O)CCCc2c[nH]c3ccccc23)cc1OC. The molecule has 5 heteroatoms. The van der Waals surface area contributed by atoms with Gasteiger partial charge in [-0.15, -0.1) is 0 Å². The van der Waals surface area contributed by atoms with Crippen molar-refractivity contribution in [2.24, 2.45) is 0 Å². The summed E-state index contributed by atoms with van der Waals surface area (Å²) in [5.41, 5.74) is 3.69. The van der Waals surface area contributed by atoms with Crippen LogP contribution < -0.4 is 9.47 Å². The first kappa shape index (κ1) is 22.3. The van der Waals surface area contributed by atoms with Gasteiger partial charge in [-0.05, 0) is 74.3 Å². The minimum Gasteiger partial charge on any atom is -0.493 e. The first-order valence-electron chi connectivity index (χ1n) is 11.7. The zero-order valence-corrected chi connectivity index (χ0v) is 19.2. The third-order valence-electron chi connectivity index (χ3n) is 6.67. The summed E-state index contributed by atoms with van der Waals surface area (Å²) in [6, 6.07) is 14.8. The summed E-state index contributed by atoms with van der Waals surface area (Å²) in [5.74, 6) is 1.82. The van der Waals surface area contributed by atoms with Crippen molar-refractivity contribution in [3.05, 3.63) is 59.8 Å². The monoisotopic (exact) mass is 434 g/mol. The molecule has 0 bridgehead atoms. The Kier molecular flexibility index (Phi) is 7.35. The number of amides is 1. The summed E-state index contributed by atoms with van der Waals surface area (Å²) in [4.78, 5) is 18.6. The van der Waals surface area contributed by atoms with Crippen LogP contribution in [-0.4, -0.2) is 42.6 Å². The standard InChI is InChI=1S/C27H34N2O3/c1-31-25-16-14-20(18-26(25)32-2)13-15-22-9-5-6-17-29(22)27(30)12-7-8-21-19-28-24-11-4-3-10-23(21)24/h3-4,10-11,14,16,18-19,22,28H,5-9,12-13,15,17H2,1-2H3. The Balaban J connectivity index is 1.32. The summed E-state index contributed by atoms with van der Waals surface area (Å²) in [6.45, 7) is 0.891. The van der Waals surface area contributed by atoms with E-state index in [0.29, 0.717) is 18.4 Å². The Morgan fingerprint density at radius 3 is 2.75 bits per heavy atom. The van der Waals surface area contributed by atoms with E-state index in [1.54, 1.807) is 14.2 Å². The number of para-hydroxylation sites is 1. The van der Waals surface area contributed by atoms with E-state index in [4.69, 9.17) is 9.47 Å². The highest BCUT2D eigenvalue weighted by Crippen LogP contribution is 2.29. The normalized spacial score (nSPS) is 16.3. The Morgan fingerprint density at radius 2 is 1.91 bits per heavy atom. The molecule has 170 valence electrons. The zero-order chi connectivity index (χ0) is 22.3. The lowest BCUT2D eigenvalue weighted by Crippen LogP contribution is -2.43. The number of aromatic amines is 1. The van der Waals surface area contributed by atoms with E-state index in [0.717, 1.165) is 56.6 Å². The summed E-state index contributed by atoms with van der Waals surface area (Å²) in [6.07, 6.45) is 9.86. The fourth-order valence-corrected chi connectivity index (χ4v) is 4.91. The van der Waals surface area contributed by atoms with Gasteiger partial charge in [0.15, 0.2) is 11.5 Å². The van der Waals surface area contributed by atoms with Crippen LogP contribution in [0.5, 0.6) is 11.5 Å². The van der Waals surface area contributed by atoms with Crippen LogP contribution >= 0.6 is 0 Å². The second-order valence-corrected chi connectivity index (χ2v) is 8.68. The molecule has 3 aromatic rings. The number of hydrogen-bond donors (Lipinski definition) is 1. The van der Waals surface area contributed by atoms with Crippen LogP contribution in [0, 0.1) is 0 Å². The lowest BCUT2D eigenvalue weighted by atomic mass is 9.95. The van der Waals surface area contributed by atoms with E-state index in [2.05, 4.69) is 46.4 Å². The molecule has 1 aromatic heterocycles. The largest absolute Gasteiger partial charge is 0.493 e. The predicted molar refractivity (Wildman–Crippen MR) is 128 cm³/mol. The van der Waals surface area contributed by atoms with Crippen molar-refractivity contribution >= 4 is 16.8 Å². The third kappa shape index (κ3) is 5.09. The highest BCUT2D eigenvalue weighted by atomic mass is 16.5. The lowest BCUT2D eigenvalue weighted by molar-refractivity contribution is -0.135. The predicted octanol–water partition coefficient (Wildman–Crippen LogP) is 5.52. The maximum absolute atomic E-state index is 13.1. The zero-order valence-electron chi connectivity index (χ0n) is 19.2. The van der Waals surface area contributed by atoms with Gasteiger partial charge in [0.05, 0.1) is 14.2 Å². The molecule has 1 aliphatic heterocycles. The number of rotatable bonds is 9. The van der Waals surface area contributed by atoms with Gasteiger partial charge in [-0.1, -0.05) is 24.3 Å². The molecule has 1 atom stereocenters. The van der Waals surface area contributed by atoms with Gasteiger partial charge < -0.3 is 19.4 Å². The molecular weight excluding hydrogens is 400 g/mol. The number of methoxy groups -OCH3 is 2. The second kappa shape index (κ2) is 10.6. The van der Waals surface area contributed by atoms with Crippen LogP contribution in [0.25, 0.3) is 10.9 Å². The molecule has 1 N–H and O–H groups in total. The van der Waals surface area contributed by atoms with E-state index in [1.807, 2.05) is 12.1 Å². The molecule has 32 heavy (non-hydrogen) atoms. The van der Waals surface area contributed by atoms with Gasteiger partial charge in [0, 0.05) is 36.1 Å². The number of hydrogen-bond acceptors (Lipinski definition) is 3. The van der Waals surface area contributed by atoms with Gasteiger partial charge >= 0.3 is 0 Å². The number of likely N-dealkylation sites (tertiary alicyclic amines) is 1. The number of nitrogens with one attached hydrogen (secondary N) is 1. The van der Waals surface area contributed by atoms with Gasteiger partial charge in [-0.25, -0.2) is 0 Å². The number of ether oxygens (including phenoxy) is 2. The average Bonchev–Trinajstić information content (AvgIpc) is 3.25. The van der Waals surface area contributed by atoms with Crippen LogP contribution in [0.4, 0.5) is 0 Å². The molecular formula is C27H34N2O3. The third-order valence-corrected chi connectivity index (χ3v) is 6.67. The van der Waals surface area contributed by atoms with Gasteiger partial charge in [0.25, 0.3) is 0 Å². The first-order valence-corrected chi connectivity index (χ1v) is 11.7. The molecule has 1 saturated heterocycles. The molecule has 4 rings (SSSR count). The maximum Gasteiger partial charge on any atom is 0.222 e. The summed E-state index contributed by atoms with van der Waals surface area (Å²) in [7, 11) is 3.32. The number of piperidine rings is 1. The molecule has 1 aliphatic rings. The van der Waals surface area contributed by atoms with Crippen molar-refractivity contribution in [2.75, 3.05) is 20.8 Å². The molecule has 2 heterocycles. The Hall–Kier alpha value is -2.95. The van der Waals surface area contributed by atoms with Crippen molar-refractivity contribution in [3.63, 3.8) is 0 Å².